The number of rotatable bonds is 6. The van der Waals surface area contributed by atoms with Gasteiger partial charge < -0.3 is 24.1 Å². The molecule has 2 aromatic carbocycles. The van der Waals surface area contributed by atoms with E-state index in [4.69, 9.17) is 14.2 Å². The highest BCUT2D eigenvalue weighted by Gasteiger charge is 2.19. The molecule has 0 fully saturated rings. The molecule has 6 heteroatoms. The van der Waals surface area contributed by atoms with Crippen molar-refractivity contribution in [1.29, 1.82) is 0 Å². The van der Waals surface area contributed by atoms with Gasteiger partial charge in [-0.15, -0.1) is 0 Å². The molecule has 0 aliphatic heterocycles. The average molecular weight is 354 g/mol. The summed E-state index contributed by atoms with van der Waals surface area (Å²) < 4.78 is 17.8. The number of aromatic nitrogens is 1. The Morgan fingerprint density at radius 3 is 2.27 bits per heavy atom. The van der Waals surface area contributed by atoms with Gasteiger partial charge in [-0.25, -0.2) is 0 Å². The van der Waals surface area contributed by atoms with Crippen LogP contribution in [0.2, 0.25) is 0 Å². The van der Waals surface area contributed by atoms with Gasteiger partial charge in [0.05, 0.1) is 26.8 Å². The lowest BCUT2D eigenvalue weighted by atomic mass is 10.2. The van der Waals surface area contributed by atoms with Gasteiger partial charge in [0.1, 0.15) is 23.3 Å². The summed E-state index contributed by atoms with van der Waals surface area (Å²) in [5.41, 5.74) is 1.59. The van der Waals surface area contributed by atoms with E-state index in [2.05, 4.69) is 5.32 Å². The van der Waals surface area contributed by atoms with Crippen molar-refractivity contribution in [2.24, 2.45) is 0 Å². The number of anilines is 1. The molecule has 0 radical (unpaired) electrons. The second-order valence-electron chi connectivity index (χ2n) is 5.88. The van der Waals surface area contributed by atoms with Crippen LogP contribution in [0, 0.1) is 0 Å². The smallest absolute Gasteiger partial charge is 0.247 e. The number of carbonyl (C=O) groups excluding carboxylic acids is 1. The van der Waals surface area contributed by atoms with E-state index in [1.165, 1.54) is 0 Å². The van der Waals surface area contributed by atoms with Crippen molar-refractivity contribution in [2.45, 2.75) is 13.0 Å². The van der Waals surface area contributed by atoms with Crippen LogP contribution in [0.1, 0.15) is 13.0 Å². The van der Waals surface area contributed by atoms with Gasteiger partial charge in [0.25, 0.3) is 0 Å². The predicted molar refractivity (Wildman–Crippen MR) is 101 cm³/mol. The number of nitrogens with zero attached hydrogens (tertiary/aromatic N) is 1. The van der Waals surface area contributed by atoms with Gasteiger partial charge in [-0.2, -0.15) is 0 Å². The maximum atomic E-state index is 12.7. The summed E-state index contributed by atoms with van der Waals surface area (Å²) in [5, 5.41) is 3.85. The molecule has 3 rings (SSSR count). The summed E-state index contributed by atoms with van der Waals surface area (Å²) in [4.78, 5) is 12.7. The molecule has 26 heavy (non-hydrogen) atoms. The minimum Gasteiger partial charge on any atom is -0.497 e. The molecule has 1 atom stereocenters. The van der Waals surface area contributed by atoms with E-state index >= 15 is 0 Å². The maximum absolute atomic E-state index is 12.7. The molecular formula is C20H22N2O4. The topological polar surface area (TPSA) is 61.7 Å². The first-order chi connectivity index (χ1) is 12.6. The fourth-order valence-electron chi connectivity index (χ4n) is 2.88. The lowest BCUT2D eigenvalue weighted by Gasteiger charge is -2.16. The van der Waals surface area contributed by atoms with Crippen molar-refractivity contribution < 1.29 is 19.0 Å². The van der Waals surface area contributed by atoms with Crippen LogP contribution in [0.25, 0.3) is 10.9 Å². The van der Waals surface area contributed by atoms with Crippen molar-refractivity contribution in [1.82, 2.24) is 4.57 Å². The monoisotopic (exact) mass is 354 g/mol. The highest BCUT2D eigenvalue weighted by atomic mass is 16.5. The van der Waals surface area contributed by atoms with Crippen LogP contribution in [0.5, 0.6) is 17.2 Å². The van der Waals surface area contributed by atoms with E-state index in [0.29, 0.717) is 17.2 Å². The Morgan fingerprint density at radius 2 is 1.65 bits per heavy atom. The summed E-state index contributed by atoms with van der Waals surface area (Å²) in [7, 11) is 4.83. The van der Waals surface area contributed by atoms with Gasteiger partial charge in [0.15, 0.2) is 0 Å². The Kier molecular flexibility index (Phi) is 5.02. The Balaban J connectivity index is 1.88. The van der Waals surface area contributed by atoms with Gasteiger partial charge >= 0.3 is 0 Å². The standard InChI is InChI=1S/C20H22N2O4/c1-13(20(23)21-14-5-7-15(24-2)8-6-14)22-10-9-17-18(22)11-16(25-3)12-19(17)26-4/h5-13H,1-4H3,(H,21,23). The van der Waals surface area contributed by atoms with E-state index in [0.717, 1.165) is 16.7 Å². The van der Waals surface area contributed by atoms with Crippen LogP contribution >= 0.6 is 0 Å². The average Bonchev–Trinajstić information content (AvgIpc) is 3.10. The molecule has 0 saturated carbocycles. The lowest BCUT2D eigenvalue weighted by molar-refractivity contribution is -0.118. The SMILES string of the molecule is COc1ccc(NC(=O)C(C)n2ccc3c(OC)cc(OC)cc32)cc1. The highest BCUT2D eigenvalue weighted by Crippen LogP contribution is 2.33. The van der Waals surface area contributed by atoms with Crippen LogP contribution in [0.15, 0.2) is 48.7 Å². The Morgan fingerprint density at radius 1 is 0.962 bits per heavy atom. The summed E-state index contributed by atoms with van der Waals surface area (Å²) in [5.74, 6) is 2.01. The molecule has 0 aliphatic rings. The predicted octanol–water partition coefficient (Wildman–Crippen LogP) is 3.87. The van der Waals surface area contributed by atoms with Crippen molar-refractivity contribution >= 4 is 22.5 Å². The van der Waals surface area contributed by atoms with Crippen LogP contribution < -0.4 is 19.5 Å². The molecule has 1 amide bonds. The number of ether oxygens (including phenoxy) is 3. The van der Waals surface area contributed by atoms with Gasteiger partial charge in [0, 0.05) is 29.4 Å². The first-order valence-electron chi connectivity index (χ1n) is 8.25. The van der Waals surface area contributed by atoms with Crippen LogP contribution in [-0.4, -0.2) is 31.8 Å². The summed E-state index contributed by atoms with van der Waals surface area (Å²) in [6, 6.07) is 12.5. The second-order valence-corrected chi connectivity index (χ2v) is 5.88. The van der Waals surface area contributed by atoms with Crippen molar-refractivity contribution in [3.63, 3.8) is 0 Å². The molecule has 1 aromatic heterocycles. The third kappa shape index (κ3) is 3.31. The first-order valence-corrected chi connectivity index (χ1v) is 8.25. The first kappa shape index (κ1) is 17.7. The van der Waals surface area contributed by atoms with E-state index < -0.39 is 6.04 Å². The lowest BCUT2D eigenvalue weighted by Crippen LogP contribution is -2.23. The van der Waals surface area contributed by atoms with Gasteiger partial charge in [-0.05, 0) is 37.3 Å². The number of fused-ring (bicyclic) bond motifs is 1. The van der Waals surface area contributed by atoms with Crippen LogP contribution in [-0.2, 0) is 4.79 Å². The fourth-order valence-corrected chi connectivity index (χ4v) is 2.88. The molecule has 3 aromatic rings. The van der Waals surface area contributed by atoms with Crippen LogP contribution in [0.4, 0.5) is 5.69 Å². The van der Waals surface area contributed by atoms with Gasteiger partial charge in [0.2, 0.25) is 5.91 Å². The molecule has 1 heterocycles. The minimum absolute atomic E-state index is 0.116. The number of amides is 1. The quantitative estimate of drug-likeness (QED) is 0.730. The molecule has 1 N–H and O–H groups in total. The fraction of sp³-hybridized carbons (Fsp3) is 0.250. The highest BCUT2D eigenvalue weighted by molar-refractivity contribution is 5.96. The molecular weight excluding hydrogens is 332 g/mol. The van der Waals surface area contributed by atoms with E-state index in [1.54, 1.807) is 33.5 Å². The molecule has 0 spiro atoms. The molecule has 0 aliphatic carbocycles. The zero-order valence-corrected chi connectivity index (χ0v) is 15.3. The number of hydrogen-bond acceptors (Lipinski definition) is 4. The van der Waals surface area contributed by atoms with Crippen LogP contribution in [0.3, 0.4) is 0 Å². The van der Waals surface area contributed by atoms with Gasteiger partial charge in [-0.3, -0.25) is 4.79 Å². The third-order valence-electron chi connectivity index (χ3n) is 4.38. The Bertz CT molecular complexity index is 915. The maximum Gasteiger partial charge on any atom is 0.247 e. The van der Waals surface area contributed by atoms with Gasteiger partial charge in [-0.1, -0.05) is 0 Å². The van der Waals surface area contributed by atoms with E-state index in [1.807, 2.05) is 48.0 Å². The van der Waals surface area contributed by atoms with Crippen molar-refractivity contribution in [3.05, 3.63) is 48.7 Å². The summed E-state index contributed by atoms with van der Waals surface area (Å²) in [6.45, 7) is 1.85. The molecule has 0 saturated heterocycles. The number of methoxy groups -OCH3 is 3. The summed E-state index contributed by atoms with van der Waals surface area (Å²) >= 11 is 0. The largest absolute Gasteiger partial charge is 0.497 e. The number of carbonyl (C=O) groups is 1. The zero-order chi connectivity index (χ0) is 18.7. The van der Waals surface area contributed by atoms with E-state index in [-0.39, 0.29) is 5.91 Å². The summed E-state index contributed by atoms with van der Waals surface area (Å²) in [6.07, 6.45) is 1.88. The number of hydrogen-bond donors (Lipinski definition) is 1. The Hall–Kier alpha value is -3.15. The molecule has 136 valence electrons. The van der Waals surface area contributed by atoms with Crippen molar-refractivity contribution in [3.8, 4) is 17.2 Å². The molecule has 6 nitrogen and oxygen atoms in total. The molecule has 0 bridgehead atoms. The zero-order valence-electron chi connectivity index (χ0n) is 15.3. The number of nitrogens with one attached hydrogen (secondary N) is 1. The molecule has 1 unspecified atom stereocenters. The normalized spacial score (nSPS) is 11.8. The minimum atomic E-state index is -0.411. The van der Waals surface area contributed by atoms with E-state index in [9.17, 15) is 4.79 Å². The number of benzene rings is 2. The van der Waals surface area contributed by atoms with Crippen molar-refractivity contribution in [2.75, 3.05) is 26.6 Å². The Labute approximate surface area is 152 Å². The third-order valence-corrected chi connectivity index (χ3v) is 4.38. The second kappa shape index (κ2) is 7.39.